The first-order chi connectivity index (χ1) is 12.0. The summed E-state index contributed by atoms with van der Waals surface area (Å²) < 4.78 is 5.37. The molecular weight excluding hydrogens is 316 g/mol. The predicted octanol–water partition coefficient (Wildman–Crippen LogP) is 3.20. The van der Waals surface area contributed by atoms with Gasteiger partial charge in [0.1, 0.15) is 5.75 Å². The number of ether oxygens (including phenoxy) is 1. The number of carbonyl (C=O) groups is 2. The van der Waals surface area contributed by atoms with E-state index in [1.165, 1.54) is 0 Å². The van der Waals surface area contributed by atoms with Crippen LogP contribution in [0.2, 0.25) is 0 Å². The number of hydrogen-bond acceptors (Lipinski definition) is 3. The van der Waals surface area contributed by atoms with Crippen molar-refractivity contribution in [3.63, 3.8) is 0 Å². The molecule has 1 heterocycles. The van der Waals surface area contributed by atoms with Gasteiger partial charge in [-0.15, -0.1) is 0 Å². The molecule has 0 aromatic heterocycles. The van der Waals surface area contributed by atoms with Crippen molar-refractivity contribution in [2.24, 2.45) is 10.9 Å². The quantitative estimate of drug-likeness (QED) is 0.921. The van der Waals surface area contributed by atoms with E-state index in [-0.39, 0.29) is 17.7 Å². The lowest BCUT2D eigenvalue weighted by Gasteiger charge is -2.28. The second-order valence-electron chi connectivity index (χ2n) is 6.00. The van der Waals surface area contributed by atoms with Gasteiger partial charge < -0.3 is 10.1 Å². The highest BCUT2D eigenvalue weighted by molar-refractivity contribution is 6.14. The lowest BCUT2D eigenvalue weighted by molar-refractivity contribution is -0.117. The van der Waals surface area contributed by atoms with Crippen molar-refractivity contribution in [1.82, 2.24) is 5.32 Å². The molecule has 1 aliphatic carbocycles. The van der Waals surface area contributed by atoms with Crippen molar-refractivity contribution in [2.45, 2.75) is 20.8 Å². The molecule has 128 valence electrons. The Morgan fingerprint density at radius 2 is 1.96 bits per heavy atom. The molecule has 3 rings (SSSR count). The van der Waals surface area contributed by atoms with Crippen molar-refractivity contribution in [3.8, 4) is 5.75 Å². The van der Waals surface area contributed by atoms with Crippen LogP contribution in [0.25, 0.3) is 0 Å². The zero-order chi connectivity index (χ0) is 18.0. The third-order valence-corrected chi connectivity index (χ3v) is 4.40. The normalized spacial score (nSPS) is 20.9. The Labute approximate surface area is 146 Å². The van der Waals surface area contributed by atoms with E-state index in [1.54, 1.807) is 30.3 Å². The lowest BCUT2D eigenvalue weighted by atomic mass is 9.85. The summed E-state index contributed by atoms with van der Waals surface area (Å²) in [7, 11) is 0. The van der Waals surface area contributed by atoms with E-state index in [2.05, 4.69) is 10.3 Å². The SMILES string of the molecule is CCOc1ccc(C(=O)N=C2C=CC3C(=C2)NC(=O)C(C)=C3C)cc1. The monoisotopic (exact) mass is 336 g/mol. The standard InChI is InChI=1S/C20H20N2O3/c1-4-25-16-8-5-14(6-9-16)20(24)21-15-7-10-17-12(2)13(3)19(23)22-18(17)11-15/h5-11,17H,4H2,1-3H3,(H,22,23). The number of fused-ring (bicyclic) bond motifs is 1. The molecule has 25 heavy (non-hydrogen) atoms. The van der Waals surface area contributed by atoms with Gasteiger partial charge in [0.2, 0.25) is 0 Å². The Morgan fingerprint density at radius 3 is 2.64 bits per heavy atom. The number of rotatable bonds is 3. The molecule has 0 bridgehead atoms. The molecule has 0 radical (unpaired) electrons. The molecule has 0 saturated heterocycles. The molecule has 1 aromatic carbocycles. The summed E-state index contributed by atoms with van der Waals surface area (Å²) in [5.74, 6) is 0.324. The maximum atomic E-state index is 12.3. The molecule has 1 aromatic rings. The van der Waals surface area contributed by atoms with Crippen LogP contribution in [0.15, 0.2) is 64.3 Å². The van der Waals surface area contributed by atoms with Gasteiger partial charge in [0.25, 0.3) is 11.8 Å². The number of amides is 2. The minimum Gasteiger partial charge on any atom is -0.494 e. The number of nitrogens with zero attached hydrogens (tertiary/aromatic N) is 1. The highest BCUT2D eigenvalue weighted by Gasteiger charge is 2.27. The highest BCUT2D eigenvalue weighted by Crippen LogP contribution is 2.29. The molecule has 0 spiro atoms. The van der Waals surface area contributed by atoms with Gasteiger partial charge in [-0.3, -0.25) is 9.59 Å². The first-order valence-electron chi connectivity index (χ1n) is 8.24. The van der Waals surface area contributed by atoms with E-state index in [4.69, 9.17) is 4.74 Å². The number of nitrogens with one attached hydrogen (secondary N) is 1. The maximum absolute atomic E-state index is 12.3. The van der Waals surface area contributed by atoms with Crippen LogP contribution in [0.1, 0.15) is 31.1 Å². The van der Waals surface area contributed by atoms with E-state index < -0.39 is 0 Å². The average Bonchev–Trinajstić information content (AvgIpc) is 2.60. The third kappa shape index (κ3) is 3.45. The molecule has 5 nitrogen and oxygen atoms in total. The van der Waals surface area contributed by atoms with Crippen LogP contribution in [0.4, 0.5) is 0 Å². The van der Waals surface area contributed by atoms with Crippen LogP contribution >= 0.6 is 0 Å². The minimum atomic E-state index is -0.330. The highest BCUT2D eigenvalue weighted by atomic mass is 16.5. The maximum Gasteiger partial charge on any atom is 0.277 e. The van der Waals surface area contributed by atoms with Crippen LogP contribution in [-0.4, -0.2) is 24.1 Å². The fraction of sp³-hybridized carbons (Fsp3) is 0.250. The van der Waals surface area contributed by atoms with Gasteiger partial charge in [0.05, 0.1) is 12.3 Å². The van der Waals surface area contributed by atoms with Crippen LogP contribution in [0.3, 0.4) is 0 Å². The van der Waals surface area contributed by atoms with Crippen LogP contribution in [0, 0.1) is 5.92 Å². The Balaban J connectivity index is 1.81. The molecule has 5 heteroatoms. The Kier molecular flexibility index (Phi) is 4.65. The molecule has 1 N–H and O–H groups in total. The fourth-order valence-corrected chi connectivity index (χ4v) is 2.84. The molecule has 2 amide bonds. The number of carbonyl (C=O) groups excluding carboxylic acids is 2. The topological polar surface area (TPSA) is 67.8 Å². The Hall–Kier alpha value is -2.95. The van der Waals surface area contributed by atoms with Crippen LogP contribution in [-0.2, 0) is 4.79 Å². The van der Waals surface area contributed by atoms with E-state index in [0.29, 0.717) is 17.9 Å². The molecule has 1 atom stereocenters. The van der Waals surface area contributed by atoms with Gasteiger partial charge in [-0.2, -0.15) is 0 Å². The molecule has 2 aliphatic rings. The number of aliphatic imine (C=N–C) groups is 1. The van der Waals surface area contributed by atoms with Crippen molar-refractivity contribution in [1.29, 1.82) is 0 Å². The summed E-state index contributed by atoms with van der Waals surface area (Å²) in [5, 5.41) is 2.87. The first-order valence-corrected chi connectivity index (χ1v) is 8.24. The number of allylic oxidation sites excluding steroid dienone is 3. The van der Waals surface area contributed by atoms with Gasteiger partial charge in [-0.25, -0.2) is 4.99 Å². The molecule has 0 saturated carbocycles. The van der Waals surface area contributed by atoms with Gasteiger partial charge in [0.15, 0.2) is 0 Å². The zero-order valence-corrected chi connectivity index (χ0v) is 14.5. The summed E-state index contributed by atoms with van der Waals surface area (Å²) in [6.07, 6.45) is 5.53. The smallest absolute Gasteiger partial charge is 0.277 e. The summed E-state index contributed by atoms with van der Waals surface area (Å²) in [5.41, 5.74) is 3.52. The largest absolute Gasteiger partial charge is 0.494 e. The average molecular weight is 336 g/mol. The van der Waals surface area contributed by atoms with Crippen LogP contribution in [0.5, 0.6) is 5.75 Å². The second kappa shape index (κ2) is 6.89. The van der Waals surface area contributed by atoms with Crippen molar-refractivity contribution < 1.29 is 14.3 Å². The summed E-state index contributed by atoms with van der Waals surface area (Å²) in [4.78, 5) is 28.4. The molecule has 0 fully saturated rings. The van der Waals surface area contributed by atoms with E-state index in [1.807, 2.05) is 32.9 Å². The third-order valence-electron chi connectivity index (χ3n) is 4.40. The van der Waals surface area contributed by atoms with Crippen molar-refractivity contribution in [2.75, 3.05) is 6.61 Å². The predicted molar refractivity (Wildman–Crippen MR) is 96.6 cm³/mol. The van der Waals surface area contributed by atoms with Gasteiger partial charge >= 0.3 is 0 Å². The molecular formula is C20H20N2O3. The summed E-state index contributed by atoms with van der Waals surface area (Å²) in [6.45, 7) is 6.25. The minimum absolute atomic E-state index is 0.0391. The van der Waals surface area contributed by atoms with Crippen LogP contribution < -0.4 is 10.1 Å². The van der Waals surface area contributed by atoms with E-state index in [9.17, 15) is 9.59 Å². The van der Waals surface area contributed by atoms with Crippen molar-refractivity contribution in [3.05, 3.63) is 64.9 Å². The fourth-order valence-electron chi connectivity index (χ4n) is 2.84. The number of benzene rings is 1. The van der Waals surface area contributed by atoms with Gasteiger partial charge in [-0.05, 0) is 57.2 Å². The number of hydrogen-bond donors (Lipinski definition) is 1. The summed E-state index contributed by atoms with van der Waals surface area (Å²) >= 11 is 0. The zero-order valence-electron chi connectivity index (χ0n) is 14.5. The van der Waals surface area contributed by atoms with E-state index >= 15 is 0 Å². The van der Waals surface area contributed by atoms with Crippen molar-refractivity contribution >= 4 is 17.5 Å². The Morgan fingerprint density at radius 1 is 1.24 bits per heavy atom. The summed E-state index contributed by atoms with van der Waals surface area (Å²) in [6, 6.07) is 6.89. The molecule has 1 unspecified atom stereocenters. The lowest BCUT2D eigenvalue weighted by Crippen LogP contribution is -2.35. The second-order valence-corrected chi connectivity index (χ2v) is 6.00. The molecule has 1 aliphatic heterocycles. The first kappa shape index (κ1) is 16.9. The Bertz CT molecular complexity index is 842. The van der Waals surface area contributed by atoms with Gasteiger partial charge in [0, 0.05) is 22.8 Å². The van der Waals surface area contributed by atoms with Gasteiger partial charge in [-0.1, -0.05) is 11.6 Å². The van der Waals surface area contributed by atoms with E-state index in [0.717, 1.165) is 22.6 Å².